The second-order valence-electron chi connectivity index (χ2n) is 3.26. The molecule has 0 aliphatic heterocycles. The number of carbonyl (C=O) groups excluding carboxylic acids is 1. The summed E-state index contributed by atoms with van der Waals surface area (Å²) in [4.78, 5) is 19.6. The number of aromatic amines is 1. The summed E-state index contributed by atoms with van der Waals surface area (Å²) in [6, 6.07) is 9.55. The van der Waals surface area contributed by atoms with Crippen molar-refractivity contribution >= 4 is 16.8 Å². The minimum atomic E-state index is -0.186. The predicted octanol–water partition coefficient (Wildman–Crippen LogP) is 1.80. The number of H-pyrrole nitrogens is 1. The van der Waals surface area contributed by atoms with Crippen molar-refractivity contribution < 1.29 is 9.63 Å². The van der Waals surface area contributed by atoms with Crippen molar-refractivity contribution in [1.29, 1.82) is 0 Å². The number of hydrogen-bond donors (Lipinski definition) is 1. The van der Waals surface area contributed by atoms with Gasteiger partial charge in [-0.05, 0) is 12.1 Å². The Bertz CT molecular complexity index is 457. The highest BCUT2D eigenvalue weighted by Gasteiger charge is 2.13. The molecular formula is C11H12N2O2. The van der Waals surface area contributed by atoms with Crippen molar-refractivity contribution in [3.63, 3.8) is 0 Å². The number of nitrogens with one attached hydrogen (secondary N) is 1. The molecule has 0 saturated heterocycles. The zero-order chi connectivity index (χ0) is 10.8. The van der Waals surface area contributed by atoms with Crippen LogP contribution < -0.4 is 0 Å². The van der Waals surface area contributed by atoms with Gasteiger partial charge in [0, 0.05) is 18.0 Å². The molecule has 0 radical (unpaired) electrons. The minimum absolute atomic E-state index is 0.186. The summed E-state index contributed by atoms with van der Waals surface area (Å²) in [5, 5.41) is 2.20. The van der Waals surface area contributed by atoms with Crippen LogP contribution in [0.25, 0.3) is 10.9 Å². The van der Waals surface area contributed by atoms with Crippen LogP contribution in [0.2, 0.25) is 0 Å². The molecule has 2 rings (SSSR count). The van der Waals surface area contributed by atoms with Gasteiger partial charge in [0.25, 0.3) is 5.91 Å². The summed E-state index contributed by atoms with van der Waals surface area (Å²) in [5.74, 6) is -0.186. The Morgan fingerprint density at radius 3 is 2.80 bits per heavy atom. The molecule has 15 heavy (non-hydrogen) atoms. The van der Waals surface area contributed by atoms with Crippen molar-refractivity contribution in [2.75, 3.05) is 14.2 Å². The standard InChI is InChI=1S/C11H12N2O2/c1-13(15-2)11(14)10-7-8-5-3-4-6-9(8)12-10/h3-7,12H,1-2H3. The van der Waals surface area contributed by atoms with Gasteiger partial charge in [-0.1, -0.05) is 18.2 Å². The highest BCUT2D eigenvalue weighted by Crippen LogP contribution is 2.15. The average molecular weight is 204 g/mol. The fourth-order valence-corrected chi connectivity index (χ4v) is 1.44. The lowest BCUT2D eigenvalue weighted by Crippen LogP contribution is -2.25. The molecule has 1 aromatic heterocycles. The number of nitrogens with zero attached hydrogens (tertiary/aromatic N) is 1. The van der Waals surface area contributed by atoms with E-state index in [2.05, 4.69) is 4.98 Å². The van der Waals surface area contributed by atoms with E-state index in [0.29, 0.717) is 5.69 Å². The second-order valence-corrected chi connectivity index (χ2v) is 3.26. The van der Waals surface area contributed by atoms with Gasteiger partial charge in [-0.15, -0.1) is 0 Å². The third kappa shape index (κ3) is 1.71. The molecule has 0 fully saturated rings. The highest BCUT2D eigenvalue weighted by molar-refractivity contribution is 5.97. The van der Waals surface area contributed by atoms with E-state index in [1.807, 2.05) is 30.3 Å². The molecule has 1 aromatic carbocycles. The van der Waals surface area contributed by atoms with Crippen LogP contribution in [0.5, 0.6) is 0 Å². The van der Waals surface area contributed by atoms with Crippen LogP contribution in [0, 0.1) is 0 Å². The summed E-state index contributed by atoms with van der Waals surface area (Å²) in [7, 11) is 3.04. The number of carbonyl (C=O) groups is 1. The van der Waals surface area contributed by atoms with E-state index in [1.54, 1.807) is 7.05 Å². The number of benzene rings is 1. The predicted molar refractivity (Wildman–Crippen MR) is 57.4 cm³/mol. The molecule has 1 heterocycles. The quantitative estimate of drug-likeness (QED) is 0.758. The van der Waals surface area contributed by atoms with Crippen LogP contribution >= 0.6 is 0 Å². The van der Waals surface area contributed by atoms with Gasteiger partial charge >= 0.3 is 0 Å². The highest BCUT2D eigenvalue weighted by atomic mass is 16.7. The summed E-state index contributed by atoms with van der Waals surface area (Å²) in [6.45, 7) is 0. The number of hydroxylamine groups is 2. The second kappa shape index (κ2) is 3.74. The number of rotatable bonds is 2. The Balaban J connectivity index is 2.41. The van der Waals surface area contributed by atoms with Gasteiger partial charge in [-0.3, -0.25) is 9.63 Å². The van der Waals surface area contributed by atoms with E-state index in [4.69, 9.17) is 4.84 Å². The SMILES string of the molecule is CON(C)C(=O)c1cc2ccccc2[nH]1. The van der Waals surface area contributed by atoms with Gasteiger partial charge < -0.3 is 4.98 Å². The van der Waals surface area contributed by atoms with E-state index < -0.39 is 0 Å². The van der Waals surface area contributed by atoms with Gasteiger partial charge in [0.15, 0.2) is 0 Å². The average Bonchev–Trinajstić information content (AvgIpc) is 2.70. The van der Waals surface area contributed by atoms with E-state index in [-0.39, 0.29) is 5.91 Å². The lowest BCUT2D eigenvalue weighted by atomic mass is 10.2. The lowest BCUT2D eigenvalue weighted by molar-refractivity contribution is -0.0759. The van der Waals surface area contributed by atoms with Crippen LogP contribution in [0.15, 0.2) is 30.3 Å². The molecule has 1 N–H and O–H groups in total. The van der Waals surface area contributed by atoms with Crippen molar-refractivity contribution in [3.8, 4) is 0 Å². The van der Waals surface area contributed by atoms with Crippen LogP contribution in [0.3, 0.4) is 0 Å². The summed E-state index contributed by atoms with van der Waals surface area (Å²) in [6.07, 6.45) is 0. The third-order valence-corrected chi connectivity index (χ3v) is 2.32. The fourth-order valence-electron chi connectivity index (χ4n) is 1.44. The third-order valence-electron chi connectivity index (χ3n) is 2.32. The van der Waals surface area contributed by atoms with Crippen molar-refractivity contribution in [3.05, 3.63) is 36.0 Å². The number of hydrogen-bond acceptors (Lipinski definition) is 2. The Hall–Kier alpha value is -1.81. The molecule has 0 atom stereocenters. The topological polar surface area (TPSA) is 45.3 Å². The van der Waals surface area contributed by atoms with Crippen molar-refractivity contribution in [2.24, 2.45) is 0 Å². The van der Waals surface area contributed by atoms with Gasteiger partial charge in [0.2, 0.25) is 0 Å². The summed E-state index contributed by atoms with van der Waals surface area (Å²) < 4.78 is 0. The van der Waals surface area contributed by atoms with E-state index in [1.165, 1.54) is 12.2 Å². The molecule has 0 saturated carbocycles. The van der Waals surface area contributed by atoms with Crippen LogP contribution in [0.1, 0.15) is 10.5 Å². The van der Waals surface area contributed by atoms with Crippen LogP contribution in [0.4, 0.5) is 0 Å². The number of para-hydroxylation sites is 1. The fraction of sp³-hybridized carbons (Fsp3) is 0.182. The van der Waals surface area contributed by atoms with Gasteiger partial charge in [0.1, 0.15) is 5.69 Å². The van der Waals surface area contributed by atoms with Crippen molar-refractivity contribution in [2.45, 2.75) is 0 Å². The molecule has 0 aliphatic carbocycles. The van der Waals surface area contributed by atoms with E-state index in [9.17, 15) is 4.79 Å². The molecule has 78 valence electrons. The maximum absolute atomic E-state index is 11.7. The first kappa shape index (κ1) is 9.73. The maximum Gasteiger partial charge on any atom is 0.293 e. The lowest BCUT2D eigenvalue weighted by Gasteiger charge is -2.11. The van der Waals surface area contributed by atoms with E-state index >= 15 is 0 Å². The number of aromatic nitrogens is 1. The Morgan fingerprint density at radius 2 is 2.13 bits per heavy atom. The molecule has 0 aliphatic rings. The molecule has 0 spiro atoms. The first-order valence-electron chi connectivity index (χ1n) is 4.62. The molecule has 0 unspecified atom stereocenters. The van der Waals surface area contributed by atoms with Crippen molar-refractivity contribution in [1.82, 2.24) is 10.0 Å². The van der Waals surface area contributed by atoms with Gasteiger partial charge in [-0.2, -0.15) is 0 Å². The normalized spacial score (nSPS) is 10.5. The van der Waals surface area contributed by atoms with Crippen LogP contribution in [-0.4, -0.2) is 30.1 Å². The summed E-state index contributed by atoms with van der Waals surface area (Å²) >= 11 is 0. The largest absolute Gasteiger partial charge is 0.350 e. The van der Waals surface area contributed by atoms with Gasteiger partial charge in [0.05, 0.1) is 7.11 Å². The molecule has 1 amide bonds. The Morgan fingerprint density at radius 1 is 1.40 bits per heavy atom. The zero-order valence-corrected chi connectivity index (χ0v) is 8.65. The zero-order valence-electron chi connectivity index (χ0n) is 8.65. The molecule has 0 bridgehead atoms. The maximum atomic E-state index is 11.7. The molecule has 4 nitrogen and oxygen atoms in total. The monoisotopic (exact) mass is 204 g/mol. The first-order chi connectivity index (χ1) is 7.22. The minimum Gasteiger partial charge on any atom is -0.350 e. The number of amides is 1. The summed E-state index contributed by atoms with van der Waals surface area (Å²) in [5.41, 5.74) is 1.48. The first-order valence-corrected chi connectivity index (χ1v) is 4.62. The number of fused-ring (bicyclic) bond motifs is 1. The van der Waals surface area contributed by atoms with E-state index in [0.717, 1.165) is 10.9 Å². The Labute approximate surface area is 87.4 Å². The molecular weight excluding hydrogens is 192 g/mol. The Kier molecular flexibility index (Phi) is 2.43. The van der Waals surface area contributed by atoms with Crippen LogP contribution in [-0.2, 0) is 4.84 Å². The molecule has 4 heteroatoms. The smallest absolute Gasteiger partial charge is 0.293 e. The molecule has 2 aromatic rings. The van der Waals surface area contributed by atoms with Gasteiger partial charge in [-0.25, -0.2) is 5.06 Å².